The first kappa shape index (κ1) is 27.6. The van der Waals surface area contributed by atoms with Gasteiger partial charge in [-0.1, -0.05) is 30.8 Å². The zero-order valence-electron chi connectivity index (χ0n) is 21.7. The number of aryl methyl sites for hydroxylation is 2. The van der Waals surface area contributed by atoms with Crippen LogP contribution < -0.4 is 21.1 Å². The van der Waals surface area contributed by atoms with Crippen LogP contribution >= 0.6 is 23.1 Å². The van der Waals surface area contributed by atoms with E-state index in [4.69, 9.17) is 10.5 Å². The number of carbonyl (C=O) groups is 3. The predicted octanol–water partition coefficient (Wildman–Crippen LogP) is 3.23. The van der Waals surface area contributed by atoms with Gasteiger partial charge >= 0.3 is 0 Å². The van der Waals surface area contributed by atoms with Crippen LogP contribution in [0.5, 0.6) is 5.75 Å². The summed E-state index contributed by atoms with van der Waals surface area (Å²) in [7, 11) is 1.77. The summed E-state index contributed by atoms with van der Waals surface area (Å²) in [6.07, 6.45) is 4.06. The van der Waals surface area contributed by atoms with E-state index in [0.717, 1.165) is 42.5 Å². The first-order valence-corrected chi connectivity index (χ1v) is 14.4. The number of primary amides is 1. The summed E-state index contributed by atoms with van der Waals surface area (Å²) < 4.78 is 7.46. The number of anilines is 1. The predicted molar refractivity (Wildman–Crippen MR) is 148 cm³/mol. The molecule has 1 unspecified atom stereocenters. The van der Waals surface area contributed by atoms with Crippen LogP contribution in [0.4, 0.5) is 5.00 Å². The quantitative estimate of drug-likeness (QED) is 0.308. The van der Waals surface area contributed by atoms with Crippen molar-refractivity contribution < 1.29 is 19.1 Å². The summed E-state index contributed by atoms with van der Waals surface area (Å²) in [5.74, 6) is 0.216. The van der Waals surface area contributed by atoms with Gasteiger partial charge in [0, 0.05) is 11.9 Å². The number of hydrogen-bond acceptors (Lipinski definition) is 8. The van der Waals surface area contributed by atoms with Crippen molar-refractivity contribution in [2.45, 2.75) is 63.8 Å². The molecule has 0 aliphatic heterocycles. The van der Waals surface area contributed by atoms with E-state index in [-0.39, 0.29) is 24.1 Å². The van der Waals surface area contributed by atoms with E-state index < -0.39 is 12.0 Å². The van der Waals surface area contributed by atoms with Crippen molar-refractivity contribution in [1.29, 1.82) is 0 Å². The summed E-state index contributed by atoms with van der Waals surface area (Å²) in [4.78, 5) is 38.3. The maximum Gasteiger partial charge on any atom is 0.261 e. The van der Waals surface area contributed by atoms with Gasteiger partial charge in [0.2, 0.25) is 5.91 Å². The molecule has 1 aliphatic rings. The summed E-state index contributed by atoms with van der Waals surface area (Å²) >= 11 is 2.65. The molecule has 0 fully saturated rings. The Morgan fingerprint density at radius 2 is 1.92 bits per heavy atom. The summed E-state index contributed by atoms with van der Waals surface area (Å²) in [5.41, 5.74) is 8.23. The summed E-state index contributed by atoms with van der Waals surface area (Å²) in [6.45, 7) is 3.93. The van der Waals surface area contributed by atoms with Crippen molar-refractivity contribution in [2.24, 2.45) is 12.8 Å². The second kappa shape index (κ2) is 12.4. The fraction of sp³-hybridized carbons (Fsp3) is 0.423. The number of nitrogens with two attached hydrogens (primary N) is 1. The molecule has 38 heavy (non-hydrogen) atoms. The fourth-order valence-electron chi connectivity index (χ4n) is 4.20. The molecular formula is C26H32N6O4S2. The van der Waals surface area contributed by atoms with E-state index in [0.29, 0.717) is 27.3 Å². The second-order valence-corrected chi connectivity index (χ2v) is 11.1. The molecule has 0 saturated carbocycles. The third-order valence-electron chi connectivity index (χ3n) is 6.36. The number of rotatable bonds is 11. The van der Waals surface area contributed by atoms with Crippen molar-refractivity contribution in [3.63, 3.8) is 0 Å². The van der Waals surface area contributed by atoms with Crippen LogP contribution in [0.2, 0.25) is 0 Å². The number of aromatic nitrogens is 3. The van der Waals surface area contributed by atoms with E-state index in [1.165, 1.54) is 28.7 Å². The van der Waals surface area contributed by atoms with E-state index in [1.807, 2.05) is 24.3 Å². The standard InChI is InChI=1S/C26H32N6O4S2/c1-4-16-9-11-17(12-10-16)36-15(2)24(35)28-13-20-30-31-26(32(20)3)37-14-21(33)29-25-22(23(27)34)18-7-5-6-8-19(18)38-25/h9-12,15H,4-8,13-14H2,1-3H3,(H2,27,34)(H,28,35)(H,29,33). The van der Waals surface area contributed by atoms with Crippen molar-refractivity contribution in [1.82, 2.24) is 20.1 Å². The van der Waals surface area contributed by atoms with Crippen LogP contribution in [0.3, 0.4) is 0 Å². The van der Waals surface area contributed by atoms with E-state index in [1.54, 1.807) is 18.5 Å². The minimum Gasteiger partial charge on any atom is -0.481 e. The van der Waals surface area contributed by atoms with Crippen molar-refractivity contribution >= 4 is 45.8 Å². The lowest BCUT2D eigenvalue weighted by Crippen LogP contribution is -2.36. The molecule has 1 atom stereocenters. The van der Waals surface area contributed by atoms with Crippen LogP contribution in [0.15, 0.2) is 29.4 Å². The average molecular weight is 557 g/mol. The number of amides is 3. The highest BCUT2D eigenvalue weighted by atomic mass is 32.2. The average Bonchev–Trinajstić information content (AvgIpc) is 3.45. The Hall–Kier alpha value is -3.38. The molecule has 0 spiro atoms. The Morgan fingerprint density at radius 1 is 1.18 bits per heavy atom. The van der Waals surface area contributed by atoms with Crippen LogP contribution in [-0.4, -0.2) is 44.3 Å². The molecule has 3 aromatic rings. The number of benzene rings is 1. The van der Waals surface area contributed by atoms with Gasteiger partial charge in [-0.3, -0.25) is 14.4 Å². The van der Waals surface area contributed by atoms with Crippen molar-refractivity contribution in [3.05, 3.63) is 51.7 Å². The normalized spacial score (nSPS) is 13.4. The van der Waals surface area contributed by atoms with Gasteiger partial charge < -0.3 is 25.7 Å². The molecule has 12 heteroatoms. The van der Waals surface area contributed by atoms with Crippen LogP contribution in [0.1, 0.15) is 58.9 Å². The zero-order chi connectivity index (χ0) is 27.2. The molecule has 0 radical (unpaired) electrons. The monoisotopic (exact) mass is 556 g/mol. The summed E-state index contributed by atoms with van der Waals surface area (Å²) in [5, 5.41) is 15.0. The second-order valence-electron chi connectivity index (χ2n) is 9.05. The van der Waals surface area contributed by atoms with Crippen LogP contribution in [0, 0.1) is 0 Å². The maximum absolute atomic E-state index is 12.7. The molecule has 1 aromatic carbocycles. The molecular weight excluding hydrogens is 524 g/mol. The van der Waals surface area contributed by atoms with Crippen molar-refractivity contribution in [2.75, 3.05) is 11.1 Å². The minimum absolute atomic E-state index is 0.0841. The minimum atomic E-state index is -0.679. The topological polar surface area (TPSA) is 141 Å². The summed E-state index contributed by atoms with van der Waals surface area (Å²) in [6, 6.07) is 7.66. The SMILES string of the molecule is CCc1ccc(OC(C)C(=O)NCc2nnc(SCC(=O)Nc3sc4c(c3C(N)=O)CCCC4)n2C)cc1. The molecule has 0 saturated heterocycles. The maximum atomic E-state index is 12.7. The Balaban J connectivity index is 1.28. The fourth-order valence-corrected chi connectivity index (χ4v) is 6.24. The van der Waals surface area contributed by atoms with Gasteiger partial charge in [0.05, 0.1) is 17.9 Å². The lowest BCUT2D eigenvalue weighted by atomic mass is 9.95. The smallest absolute Gasteiger partial charge is 0.261 e. The number of hydrogen-bond donors (Lipinski definition) is 3. The largest absolute Gasteiger partial charge is 0.481 e. The number of thioether (sulfide) groups is 1. The highest BCUT2D eigenvalue weighted by molar-refractivity contribution is 7.99. The molecule has 10 nitrogen and oxygen atoms in total. The van der Waals surface area contributed by atoms with Gasteiger partial charge in [-0.15, -0.1) is 21.5 Å². The highest BCUT2D eigenvalue weighted by Crippen LogP contribution is 2.38. The number of carbonyl (C=O) groups excluding carboxylic acids is 3. The Bertz CT molecular complexity index is 1320. The zero-order valence-corrected chi connectivity index (χ0v) is 23.3. The molecule has 3 amide bonds. The Morgan fingerprint density at radius 3 is 2.63 bits per heavy atom. The van der Waals surface area contributed by atoms with Gasteiger partial charge in [-0.25, -0.2) is 0 Å². The van der Waals surface area contributed by atoms with Crippen LogP contribution in [0.25, 0.3) is 0 Å². The lowest BCUT2D eigenvalue weighted by molar-refractivity contribution is -0.127. The molecule has 0 bridgehead atoms. The molecule has 2 aromatic heterocycles. The van der Waals surface area contributed by atoms with E-state index in [2.05, 4.69) is 27.8 Å². The Kier molecular flexibility index (Phi) is 9.05. The van der Waals surface area contributed by atoms with Crippen LogP contribution in [-0.2, 0) is 42.4 Å². The molecule has 4 N–H and O–H groups in total. The van der Waals surface area contributed by atoms with Crippen molar-refractivity contribution in [3.8, 4) is 5.75 Å². The van der Waals surface area contributed by atoms with Gasteiger partial charge in [-0.05, 0) is 62.3 Å². The van der Waals surface area contributed by atoms with Gasteiger partial charge in [0.1, 0.15) is 10.8 Å². The molecule has 202 valence electrons. The Labute approximate surface area is 229 Å². The van der Waals surface area contributed by atoms with Gasteiger partial charge in [-0.2, -0.15) is 0 Å². The number of ether oxygens (including phenoxy) is 1. The first-order chi connectivity index (χ1) is 18.3. The molecule has 1 aliphatic carbocycles. The third kappa shape index (κ3) is 6.54. The first-order valence-electron chi connectivity index (χ1n) is 12.5. The molecule has 2 heterocycles. The lowest BCUT2D eigenvalue weighted by Gasteiger charge is -2.15. The number of nitrogens with one attached hydrogen (secondary N) is 2. The third-order valence-corrected chi connectivity index (χ3v) is 8.59. The number of nitrogens with zero attached hydrogens (tertiary/aromatic N) is 3. The van der Waals surface area contributed by atoms with Gasteiger partial charge in [0.25, 0.3) is 11.8 Å². The number of fused-ring (bicyclic) bond motifs is 1. The molecule has 4 rings (SSSR count). The number of thiophene rings is 1. The van der Waals surface area contributed by atoms with E-state index >= 15 is 0 Å². The van der Waals surface area contributed by atoms with Gasteiger partial charge in [0.15, 0.2) is 17.1 Å². The highest BCUT2D eigenvalue weighted by Gasteiger charge is 2.25. The van der Waals surface area contributed by atoms with E-state index in [9.17, 15) is 14.4 Å².